The number of fused-ring (bicyclic) bond motifs is 6. The van der Waals surface area contributed by atoms with Gasteiger partial charge in [-0.25, -0.2) is 15.0 Å². The molecular weight excluding hydrogens is 613 g/mol. The summed E-state index contributed by atoms with van der Waals surface area (Å²) in [5, 5.41) is 4.43. The van der Waals surface area contributed by atoms with Crippen molar-refractivity contribution < 1.29 is 4.42 Å². The lowest BCUT2D eigenvalue weighted by Crippen LogP contribution is -2.00. The Kier molecular flexibility index (Phi) is 6.42. The zero-order valence-electron chi connectivity index (χ0n) is 26.9. The van der Waals surface area contributed by atoms with E-state index in [1.807, 2.05) is 72.8 Å². The maximum atomic E-state index is 6.55. The lowest BCUT2D eigenvalue weighted by atomic mass is 10.1. The maximum absolute atomic E-state index is 6.55. The highest BCUT2D eigenvalue weighted by Crippen LogP contribution is 2.40. The van der Waals surface area contributed by atoms with Crippen LogP contribution in [-0.4, -0.2) is 19.5 Å². The molecule has 0 amide bonds. The van der Waals surface area contributed by atoms with Crippen molar-refractivity contribution in [3.05, 3.63) is 170 Å². The number of hydrogen-bond acceptors (Lipinski definition) is 4. The average Bonchev–Trinajstić information content (AvgIpc) is 3.72. The molecule has 10 rings (SSSR count). The minimum absolute atomic E-state index is 0.616. The van der Waals surface area contributed by atoms with E-state index in [0.29, 0.717) is 17.5 Å². The Balaban J connectivity index is 1.16. The second-order valence-electron chi connectivity index (χ2n) is 12.5. The summed E-state index contributed by atoms with van der Waals surface area (Å²) in [6.07, 6.45) is 0. The first-order valence-corrected chi connectivity index (χ1v) is 16.7. The fourth-order valence-corrected chi connectivity index (χ4v) is 7.05. The SMILES string of the molecule is c1ccc(-c2cccc(-n3c4ccccc4c4cc5c(cc43)oc3ccc(-c4nc(-c6ccccc6)nc(-c6ccccc6)n4)cc35)c2)cc1. The third-order valence-electron chi connectivity index (χ3n) is 9.43. The Morgan fingerprint density at radius 2 is 0.920 bits per heavy atom. The van der Waals surface area contributed by atoms with Gasteiger partial charge in [0.15, 0.2) is 17.5 Å². The van der Waals surface area contributed by atoms with Crippen LogP contribution in [0.2, 0.25) is 0 Å². The number of para-hydroxylation sites is 1. The minimum Gasteiger partial charge on any atom is -0.456 e. The van der Waals surface area contributed by atoms with Crippen molar-refractivity contribution in [1.29, 1.82) is 0 Å². The number of nitrogens with zero attached hydrogens (tertiary/aromatic N) is 4. The number of hydrogen-bond donors (Lipinski definition) is 0. The van der Waals surface area contributed by atoms with Gasteiger partial charge in [-0.15, -0.1) is 0 Å². The Morgan fingerprint density at radius 1 is 0.340 bits per heavy atom. The molecule has 0 saturated carbocycles. The van der Waals surface area contributed by atoms with Crippen LogP contribution in [0.15, 0.2) is 174 Å². The summed E-state index contributed by atoms with van der Waals surface area (Å²) in [4.78, 5) is 14.8. The van der Waals surface area contributed by atoms with Gasteiger partial charge < -0.3 is 8.98 Å². The normalized spacial score (nSPS) is 11.6. The fourth-order valence-electron chi connectivity index (χ4n) is 7.05. The maximum Gasteiger partial charge on any atom is 0.164 e. The topological polar surface area (TPSA) is 56.7 Å². The molecule has 0 spiro atoms. The lowest BCUT2D eigenvalue weighted by Gasteiger charge is -2.10. The number of furan rings is 1. The smallest absolute Gasteiger partial charge is 0.164 e. The predicted octanol–water partition coefficient (Wildman–Crippen LogP) is 11.5. The van der Waals surface area contributed by atoms with Crippen LogP contribution in [0.1, 0.15) is 0 Å². The summed E-state index contributed by atoms with van der Waals surface area (Å²) in [5.74, 6) is 1.89. The highest BCUT2D eigenvalue weighted by atomic mass is 16.3. The van der Waals surface area contributed by atoms with Crippen molar-refractivity contribution in [1.82, 2.24) is 19.5 Å². The molecule has 50 heavy (non-hydrogen) atoms. The second-order valence-corrected chi connectivity index (χ2v) is 12.5. The zero-order valence-corrected chi connectivity index (χ0v) is 26.9. The van der Waals surface area contributed by atoms with Crippen molar-refractivity contribution in [3.8, 4) is 51.0 Å². The first kappa shape index (κ1) is 28.2. The van der Waals surface area contributed by atoms with E-state index in [4.69, 9.17) is 19.4 Å². The molecule has 0 fully saturated rings. The van der Waals surface area contributed by atoms with E-state index in [-0.39, 0.29) is 0 Å². The molecule has 5 heteroatoms. The Bertz CT molecular complexity index is 2800. The molecule has 234 valence electrons. The second kappa shape index (κ2) is 11.4. The largest absolute Gasteiger partial charge is 0.456 e. The van der Waals surface area contributed by atoms with Gasteiger partial charge >= 0.3 is 0 Å². The van der Waals surface area contributed by atoms with Gasteiger partial charge in [0.2, 0.25) is 0 Å². The standard InChI is InChI=1S/C45H28N4O/c1-4-13-29(14-5-1)32-19-12-20-34(25-32)49-39-22-11-10-21-35(39)36-27-38-37-26-33(23-24-41(37)50-42(38)28-40(36)49)45-47-43(30-15-6-2-7-16-30)46-44(48-45)31-17-8-3-9-18-31/h1-28H. The van der Waals surface area contributed by atoms with Crippen LogP contribution >= 0.6 is 0 Å². The summed E-state index contributed by atoms with van der Waals surface area (Å²) in [6, 6.07) is 58.7. The lowest BCUT2D eigenvalue weighted by molar-refractivity contribution is 0.669. The molecule has 0 aliphatic rings. The quantitative estimate of drug-likeness (QED) is 0.188. The Morgan fingerprint density at radius 3 is 1.62 bits per heavy atom. The number of benzene rings is 7. The summed E-state index contributed by atoms with van der Waals surface area (Å²) in [5.41, 5.74) is 10.2. The van der Waals surface area contributed by atoms with Crippen LogP contribution in [0, 0.1) is 0 Å². The van der Waals surface area contributed by atoms with Crippen molar-refractivity contribution in [2.45, 2.75) is 0 Å². The van der Waals surface area contributed by atoms with Crippen LogP contribution in [0.25, 0.3) is 94.7 Å². The average molecular weight is 641 g/mol. The minimum atomic E-state index is 0.616. The van der Waals surface area contributed by atoms with Crippen molar-refractivity contribution in [3.63, 3.8) is 0 Å². The van der Waals surface area contributed by atoms with Gasteiger partial charge in [-0.1, -0.05) is 121 Å². The highest BCUT2D eigenvalue weighted by Gasteiger charge is 2.18. The molecule has 5 nitrogen and oxygen atoms in total. The number of rotatable bonds is 5. The van der Waals surface area contributed by atoms with Crippen LogP contribution in [0.5, 0.6) is 0 Å². The van der Waals surface area contributed by atoms with Crippen LogP contribution in [-0.2, 0) is 0 Å². The third-order valence-corrected chi connectivity index (χ3v) is 9.43. The summed E-state index contributed by atoms with van der Waals surface area (Å²) >= 11 is 0. The third kappa shape index (κ3) is 4.67. The van der Waals surface area contributed by atoms with Gasteiger partial charge in [0.1, 0.15) is 11.2 Å². The van der Waals surface area contributed by atoms with Gasteiger partial charge in [-0.05, 0) is 53.6 Å². The first-order valence-electron chi connectivity index (χ1n) is 16.7. The van der Waals surface area contributed by atoms with E-state index in [1.54, 1.807) is 0 Å². The molecule has 0 bridgehead atoms. The zero-order chi connectivity index (χ0) is 33.0. The summed E-state index contributed by atoms with van der Waals surface area (Å²) in [6.45, 7) is 0. The van der Waals surface area contributed by atoms with Crippen molar-refractivity contribution in [2.75, 3.05) is 0 Å². The van der Waals surface area contributed by atoms with Crippen molar-refractivity contribution >= 4 is 43.7 Å². The van der Waals surface area contributed by atoms with Gasteiger partial charge in [-0.3, -0.25) is 0 Å². The van der Waals surface area contributed by atoms with Crippen molar-refractivity contribution in [2.24, 2.45) is 0 Å². The number of aromatic nitrogens is 4. The monoisotopic (exact) mass is 640 g/mol. The Hall–Kier alpha value is -6.85. The van der Waals surface area contributed by atoms with Gasteiger partial charge in [0.25, 0.3) is 0 Å². The Labute approximate surface area is 287 Å². The van der Waals surface area contributed by atoms with E-state index in [2.05, 4.69) is 102 Å². The molecule has 7 aromatic carbocycles. The molecule has 0 atom stereocenters. The molecule has 3 heterocycles. The molecule has 0 radical (unpaired) electrons. The fraction of sp³-hybridized carbons (Fsp3) is 0. The summed E-state index contributed by atoms with van der Waals surface area (Å²) in [7, 11) is 0. The molecule has 0 unspecified atom stereocenters. The van der Waals surface area contributed by atoms with Gasteiger partial charge in [0, 0.05) is 50.0 Å². The first-order chi connectivity index (χ1) is 24.8. The van der Waals surface area contributed by atoms with E-state index < -0.39 is 0 Å². The van der Waals surface area contributed by atoms with E-state index in [1.165, 1.54) is 21.9 Å². The predicted molar refractivity (Wildman–Crippen MR) is 203 cm³/mol. The van der Waals surface area contributed by atoms with E-state index in [0.717, 1.165) is 55.3 Å². The molecule has 0 aliphatic carbocycles. The van der Waals surface area contributed by atoms with Gasteiger partial charge in [0.05, 0.1) is 11.0 Å². The van der Waals surface area contributed by atoms with Crippen LogP contribution < -0.4 is 0 Å². The molecule has 0 aliphatic heterocycles. The van der Waals surface area contributed by atoms with E-state index >= 15 is 0 Å². The van der Waals surface area contributed by atoms with E-state index in [9.17, 15) is 0 Å². The molecular formula is C45H28N4O. The summed E-state index contributed by atoms with van der Waals surface area (Å²) < 4.78 is 8.89. The highest BCUT2D eigenvalue weighted by molar-refractivity contribution is 6.17. The van der Waals surface area contributed by atoms with Crippen LogP contribution in [0.3, 0.4) is 0 Å². The molecule has 10 aromatic rings. The molecule has 0 saturated heterocycles. The van der Waals surface area contributed by atoms with Crippen LogP contribution in [0.4, 0.5) is 0 Å². The van der Waals surface area contributed by atoms with Gasteiger partial charge in [-0.2, -0.15) is 0 Å². The molecule has 3 aromatic heterocycles. The molecule has 0 N–H and O–H groups in total.